The Balaban J connectivity index is 1.67. The van der Waals surface area contributed by atoms with Gasteiger partial charge in [0.15, 0.2) is 0 Å². The molecule has 0 atom stereocenters. The molecular formula is C35H61N2+. The molecule has 0 radical (unpaired) electrons. The smallest absolute Gasteiger partial charge is 0.234 e. The first kappa shape index (κ1) is 31.6. The molecule has 0 fully saturated rings. The third-order valence-electron chi connectivity index (χ3n) is 8.05. The van der Waals surface area contributed by atoms with Crippen LogP contribution < -0.4 is 4.57 Å². The average molecular weight is 510 g/mol. The highest BCUT2D eigenvalue weighted by molar-refractivity contribution is 5.18. The molecule has 1 aromatic heterocycles. The van der Waals surface area contributed by atoms with E-state index in [1.165, 1.54) is 159 Å². The molecule has 0 saturated carbocycles. The van der Waals surface area contributed by atoms with Gasteiger partial charge < -0.3 is 0 Å². The number of aryl methyl sites for hydroxylation is 2. The second kappa shape index (κ2) is 22.4. The molecule has 2 heteroatoms. The van der Waals surface area contributed by atoms with Gasteiger partial charge in [-0.3, -0.25) is 0 Å². The van der Waals surface area contributed by atoms with Crippen LogP contribution in [0.5, 0.6) is 0 Å². The highest BCUT2D eigenvalue weighted by atomic mass is 15.1. The van der Waals surface area contributed by atoms with Crippen LogP contribution in [0.4, 0.5) is 0 Å². The van der Waals surface area contributed by atoms with Crippen LogP contribution in [0.25, 0.3) is 0 Å². The molecule has 0 aliphatic rings. The van der Waals surface area contributed by atoms with Crippen molar-refractivity contribution in [2.45, 2.75) is 168 Å². The van der Waals surface area contributed by atoms with Crippen molar-refractivity contribution < 1.29 is 4.57 Å². The molecule has 1 heterocycles. The molecule has 0 bridgehead atoms. The molecule has 210 valence electrons. The lowest BCUT2D eigenvalue weighted by Gasteiger charge is -2.07. The number of aromatic nitrogens is 2. The van der Waals surface area contributed by atoms with Crippen LogP contribution in [-0.2, 0) is 19.5 Å². The highest BCUT2D eigenvalue weighted by Gasteiger charge is 2.17. The molecule has 1 aromatic carbocycles. The zero-order valence-corrected chi connectivity index (χ0v) is 24.9. The van der Waals surface area contributed by atoms with Crippen molar-refractivity contribution in [2.75, 3.05) is 0 Å². The Morgan fingerprint density at radius 2 is 1.00 bits per heavy atom. The largest absolute Gasteiger partial charge is 0.260 e. The Labute approximate surface area is 231 Å². The molecule has 0 spiro atoms. The molecule has 2 aromatic rings. The molecule has 0 N–H and O–H groups in total. The lowest BCUT2D eigenvalue weighted by Crippen LogP contribution is -2.37. The molecule has 2 nitrogen and oxygen atoms in total. The van der Waals surface area contributed by atoms with Crippen LogP contribution >= 0.6 is 0 Å². The summed E-state index contributed by atoms with van der Waals surface area (Å²) in [5, 5.41) is 0. The first-order valence-electron chi connectivity index (χ1n) is 16.5. The first-order valence-corrected chi connectivity index (χ1v) is 16.5. The molecule has 37 heavy (non-hydrogen) atoms. The SMILES string of the molecule is CCCCCCCCCCCCCC[n+]1ccn(CCCCCCCCCCC)c1Cc1ccccc1. The van der Waals surface area contributed by atoms with Crippen LogP contribution in [0, 0.1) is 0 Å². The van der Waals surface area contributed by atoms with E-state index in [1.807, 2.05) is 0 Å². The minimum Gasteiger partial charge on any atom is -0.234 e. The van der Waals surface area contributed by atoms with E-state index < -0.39 is 0 Å². The average Bonchev–Trinajstić information content (AvgIpc) is 3.29. The summed E-state index contributed by atoms with van der Waals surface area (Å²) < 4.78 is 5.10. The van der Waals surface area contributed by atoms with E-state index in [-0.39, 0.29) is 0 Å². The van der Waals surface area contributed by atoms with Crippen LogP contribution in [0.15, 0.2) is 42.7 Å². The second-order valence-corrected chi connectivity index (χ2v) is 11.5. The standard InChI is InChI=1S/C35H61N2/c1-3-5-7-9-11-13-14-15-17-19-21-26-30-37-32-31-36(35(37)33-34-27-23-22-24-28-34)29-25-20-18-16-12-10-8-6-4-2/h22-24,27-28,31-32H,3-21,25-26,29-30,33H2,1-2H3/q+1. The first-order chi connectivity index (χ1) is 18.3. The quantitative estimate of drug-likeness (QED) is 0.0929. The van der Waals surface area contributed by atoms with Gasteiger partial charge in [-0.2, -0.15) is 0 Å². The molecule has 0 saturated heterocycles. The number of hydrogen-bond donors (Lipinski definition) is 0. The van der Waals surface area contributed by atoms with Gasteiger partial charge in [0.1, 0.15) is 12.4 Å². The molecule has 0 aliphatic heterocycles. The minimum absolute atomic E-state index is 1.05. The van der Waals surface area contributed by atoms with Gasteiger partial charge in [-0.05, 0) is 31.2 Å². The summed E-state index contributed by atoms with van der Waals surface area (Å²) in [7, 11) is 0. The number of benzene rings is 1. The molecule has 2 rings (SSSR count). The summed E-state index contributed by atoms with van der Waals surface area (Å²) in [6.45, 7) is 6.94. The van der Waals surface area contributed by atoms with Crippen molar-refractivity contribution in [1.29, 1.82) is 0 Å². The fourth-order valence-corrected chi connectivity index (χ4v) is 5.60. The van der Waals surface area contributed by atoms with E-state index >= 15 is 0 Å². The zero-order chi connectivity index (χ0) is 26.2. The van der Waals surface area contributed by atoms with Crippen LogP contribution in [-0.4, -0.2) is 4.57 Å². The van der Waals surface area contributed by atoms with E-state index in [9.17, 15) is 0 Å². The van der Waals surface area contributed by atoms with Gasteiger partial charge in [0.05, 0.1) is 19.5 Å². The fourth-order valence-electron chi connectivity index (χ4n) is 5.60. The van der Waals surface area contributed by atoms with Crippen LogP contribution in [0.2, 0.25) is 0 Å². The van der Waals surface area contributed by atoms with Gasteiger partial charge in [0.2, 0.25) is 0 Å². The van der Waals surface area contributed by atoms with Crippen molar-refractivity contribution in [3.8, 4) is 0 Å². The minimum atomic E-state index is 1.05. The van der Waals surface area contributed by atoms with Crippen molar-refractivity contribution in [3.63, 3.8) is 0 Å². The lowest BCUT2D eigenvalue weighted by atomic mass is 10.1. The van der Waals surface area contributed by atoms with Crippen molar-refractivity contribution in [2.24, 2.45) is 0 Å². The normalized spacial score (nSPS) is 11.4. The summed E-state index contributed by atoms with van der Waals surface area (Å²) in [6.07, 6.45) is 35.3. The zero-order valence-electron chi connectivity index (χ0n) is 24.9. The van der Waals surface area contributed by atoms with Gasteiger partial charge in [-0.1, -0.05) is 153 Å². The monoisotopic (exact) mass is 509 g/mol. The molecule has 0 amide bonds. The maximum atomic E-state index is 2.55. The number of imidazole rings is 1. The number of unbranched alkanes of at least 4 members (excludes halogenated alkanes) is 19. The van der Waals surface area contributed by atoms with Crippen molar-refractivity contribution in [3.05, 3.63) is 54.1 Å². The predicted molar refractivity (Wildman–Crippen MR) is 162 cm³/mol. The third-order valence-corrected chi connectivity index (χ3v) is 8.05. The Morgan fingerprint density at radius 3 is 1.51 bits per heavy atom. The molecule has 0 aliphatic carbocycles. The van der Waals surface area contributed by atoms with Gasteiger partial charge in [0.25, 0.3) is 5.82 Å². The predicted octanol–water partition coefficient (Wildman–Crippen LogP) is 10.6. The summed E-state index contributed by atoms with van der Waals surface area (Å²) in [5.74, 6) is 1.49. The van der Waals surface area contributed by atoms with E-state index in [1.54, 1.807) is 0 Å². The fraction of sp³-hybridized carbons (Fsp3) is 0.743. The van der Waals surface area contributed by atoms with E-state index in [2.05, 4.69) is 65.7 Å². The molecular weight excluding hydrogens is 448 g/mol. The van der Waals surface area contributed by atoms with Crippen LogP contribution in [0.3, 0.4) is 0 Å². The number of nitrogens with zero attached hydrogens (tertiary/aromatic N) is 2. The van der Waals surface area contributed by atoms with Gasteiger partial charge >= 0.3 is 0 Å². The number of rotatable bonds is 25. The molecule has 0 unspecified atom stereocenters. The van der Waals surface area contributed by atoms with Crippen LogP contribution in [0.1, 0.15) is 160 Å². The van der Waals surface area contributed by atoms with E-state index in [0.717, 1.165) is 6.42 Å². The Hall–Kier alpha value is -1.57. The maximum Gasteiger partial charge on any atom is 0.260 e. The Morgan fingerprint density at radius 1 is 0.541 bits per heavy atom. The van der Waals surface area contributed by atoms with E-state index in [0.29, 0.717) is 0 Å². The van der Waals surface area contributed by atoms with Gasteiger partial charge in [-0.15, -0.1) is 0 Å². The summed E-state index contributed by atoms with van der Waals surface area (Å²) in [6, 6.07) is 11.1. The summed E-state index contributed by atoms with van der Waals surface area (Å²) in [4.78, 5) is 0. The summed E-state index contributed by atoms with van der Waals surface area (Å²) in [5.41, 5.74) is 1.43. The van der Waals surface area contributed by atoms with Gasteiger partial charge in [-0.25, -0.2) is 9.13 Å². The maximum absolute atomic E-state index is 2.55. The van der Waals surface area contributed by atoms with Crippen molar-refractivity contribution in [1.82, 2.24) is 4.57 Å². The highest BCUT2D eigenvalue weighted by Crippen LogP contribution is 2.14. The Kier molecular flexibility index (Phi) is 19.2. The summed E-state index contributed by atoms with van der Waals surface area (Å²) >= 11 is 0. The third kappa shape index (κ3) is 15.4. The number of hydrogen-bond acceptors (Lipinski definition) is 0. The topological polar surface area (TPSA) is 8.81 Å². The lowest BCUT2D eigenvalue weighted by molar-refractivity contribution is -0.703. The van der Waals surface area contributed by atoms with Gasteiger partial charge in [0, 0.05) is 0 Å². The van der Waals surface area contributed by atoms with E-state index in [4.69, 9.17) is 0 Å². The Bertz CT molecular complexity index is 748. The van der Waals surface area contributed by atoms with Crippen molar-refractivity contribution >= 4 is 0 Å². The second-order valence-electron chi connectivity index (χ2n) is 11.5.